The molecule has 0 aliphatic carbocycles. The monoisotopic (exact) mass is 365 g/mol. The van der Waals surface area contributed by atoms with Crippen LogP contribution in [-0.4, -0.2) is 33.6 Å². The molecule has 0 radical (unpaired) electrons. The molecule has 0 unspecified atom stereocenters. The Kier molecular flexibility index (Phi) is 4.93. The van der Waals surface area contributed by atoms with Crippen molar-refractivity contribution in [2.45, 2.75) is 12.1 Å². The van der Waals surface area contributed by atoms with Gasteiger partial charge in [-0.2, -0.15) is 0 Å². The predicted molar refractivity (Wildman–Crippen MR) is 104 cm³/mol. The molecule has 132 valence electrons. The lowest BCUT2D eigenvalue weighted by molar-refractivity contribution is 0.289. The molecule has 0 N–H and O–H groups in total. The molecule has 0 saturated carbocycles. The van der Waals surface area contributed by atoms with Gasteiger partial charge in [-0.05, 0) is 42.6 Å². The Bertz CT molecular complexity index is 1030. The summed E-state index contributed by atoms with van der Waals surface area (Å²) < 4.78 is 13.6. The minimum absolute atomic E-state index is 0.564. The van der Waals surface area contributed by atoms with Crippen molar-refractivity contribution in [1.29, 1.82) is 0 Å². The number of rotatable bonds is 7. The number of fused-ring (bicyclic) bond motifs is 3. The van der Waals surface area contributed by atoms with E-state index in [0.29, 0.717) is 13.2 Å². The van der Waals surface area contributed by atoms with Crippen LogP contribution in [0.1, 0.15) is 6.92 Å². The largest absolute Gasteiger partial charge is 0.490 e. The summed E-state index contributed by atoms with van der Waals surface area (Å²) in [5, 5.41) is 10.7. The summed E-state index contributed by atoms with van der Waals surface area (Å²) in [6.07, 6.45) is 0. The molecule has 0 bridgehead atoms. The number of para-hydroxylation sites is 3. The van der Waals surface area contributed by atoms with Crippen LogP contribution in [0.25, 0.3) is 16.6 Å². The Balaban J connectivity index is 1.47. The number of benzene rings is 2. The van der Waals surface area contributed by atoms with Crippen molar-refractivity contribution in [2.75, 3.05) is 19.0 Å². The number of pyridine rings is 1. The molecule has 0 saturated heterocycles. The van der Waals surface area contributed by atoms with Gasteiger partial charge in [0.05, 0.1) is 18.7 Å². The van der Waals surface area contributed by atoms with E-state index in [1.807, 2.05) is 49.4 Å². The first kappa shape index (κ1) is 16.7. The first-order valence-electron chi connectivity index (χ1n) is 8.57. The molecule has 26 heavy (non-hydrogen) atoms. The quantitative estimate of drug-likeness (QED) is 0.358. The topological polar surface area (TPSA) is 48.7 Å². The van der Waals surface area contributed by atoms with Gasteiger partial charge >= 0.3 is 0 Å². The highest BCUT2D eigenvalue weighted by molar-refractivity contribution is 7.99. The summed E-state index contributed by atoms with van der Waals surface area (Å²) in [6, 6.07) is 20.1. The maximum atomic E-state index is 5.88. The van der Waals surface area contributed by atoms with Crippen molar-refractivity contribution in [3.8, 4) is 11.5 Å². The van der Waals surface area contributed by atoms with Crippen molar-refractivity contribution in [3.05, 3.63) is 60.7 Å². The average molecular weight is 365 g/mol. The van der Waals surface area contributed by atoms with Crippen molar-refractivity contribution in [2.24, 2.45) is 0 Å². The normalized spacial score (nSPS) is 11.1. The lowest BCUT2D eigenvalue weighted by Gasteiger charge is -2.11. The van der Waals surface area contributed by atoms with Crippen molar-refractivity contribution in [1.82, 2.24) is 14.6 Å². The molecule has 0 fully saturated rings. The molecule has 0 aliphatic rings. The Morgan fingerprint density at radius 2 is 1.65 bits per heavy atom. The van der Waals surface area contributed by atoms with Crippen LogP contribution in [0.3, 0.4) is 0 Å². The fourth-order valence-electron chi connectivity index (χ4n) is 2.83. The Morgan fingerprint density at radius 1 is 0.885 bits per heavy atom. The van der Waals surface area contributed by atoms with Crippen LogP contribution in [0.2, 0.25) is 0 Å². The molecule has 6 heteroatoms. The Labute approximate surface area is 156 Å². The van der Waals surface area contributed by atoms with E-state index in [0.717, 1.165) is 33.6 Å². The molecule has 0 aliphatic heterocycles. The molecule has 2 heterocycles. The summed E-state index contributed by atoms with van der Waals surface area (Å²) in [6.45, 7) is 3.15. The van der Waals surface area contributed by atoms with Gasteiger partial charge < -0.3 is 9.47 Å². The van der Waals surface area contributed by atoms with Gasteiger partial charge in [0.1, 0.15) is 0 Å². The molecule has 0 spiro atoms. The van der Waals surface area contributed by atoms with Gasteiger partial charge in [0.15, 0.2) is 22.3 Å². The van der Waals surface area contributed by atoms with Crippen LogP contribution in [0.4, 0.5) is 0 Å². The highest BCUT2D eigenvalue weighted by Crippen LogP contribution is 2.27. The minimum atomic E-state index is 0.564. The van der Waals surface area contributed by atoms with E-state index in [2.05, 4.69) is 32.8 Å². The summed E-state index contributed by atoms with van der Waals surface area (Å²) >= 11 is 1.63. The van der Waals surface area contributed by atoms with Gasteiger partial charge in [0.2, 0.25) is 0 Å². The lowest BCUT2D eigenvalue weighted by Crippen LogP contribution is -2.03. The Morgan fingerprint density at radius 3 is 2.50 bits per heavy atom. The summed E-state index contributed by atoms with van der Waals surface area (Å²) in [7, 11) is 0. The summed E-state index contributed by atoms with van der Waals surface area (Å²) in [5.41, 5.74) is 1.97. The molecule has 2 aromatic heterocycles. The zero-order chi connectivity index (χ0) is 17.8. The third kappa shape index (κ3) is 3.32. The number of hydrogen-bond acceptors (Lipinski definition) is 5. The van der Waals surface area contributed by atoms with Gasteiger partial charge in [-0.1, -0.05) is 42.1 Å². The van der Waals surface area contributed by atoms with Crippen molar-refractivity contribution >= 4 is 28.3 Å². The first-order valence-corrected chi connectivity index (χ1v) is 9.55. The van der Waals surface area contributed by atoms with E-state index in [4.69, 9.17) is 9.47 Å². The van der Waals surface area contributed by atoms with E-state index in [1.165, 1.54) is 5.39 Å². The number of nitrogens with zero attached hydrogens (tertiary/aromatic N) is 3. The second-order valence-corrected chi connectivity index (χ2v) is 6.71. The van der Waals surface area contributed by atoms with Crippen LogP contribution >= 0.6 is 11.8 Å². The summed E-state index contributed by atoms with van der Waals surface area (Å²) in [4.78, 5) is 0. The van der Waals surface area contributed by atoms with Gasteiger partial charge in [-0.3, -0.25) is 4.40 Å². The molecule has 0 atom stereocenters. The number of hydrogen-bond donors (Lipinski definition) is 0. The molecular formula is C20H19N3O2S. The zero-order valence-corrected chi connectivity index (χ0v) is 15.3. The van der Waals surface area contributed by atoms with Crippen molar-refractivity contribution < 1.29 is 9.47 Å². The van der Waals surface area contributed by atoms with E-state index < -0.39 is 0 Å². The predicted octanol–water partition coefficient (Wildman–Crippen LogP) is 4.45. The van der Waals surface area contributed by atoms with E-state index in [-0.39, 0.29) is 0 Å². The van der Waals surface area contributed by atoms with Gasteiger partial charge in [-0.25, -0.2) is 0 Å². The van der Waals surface area contributed by atoms with Crippen LogP contribution in [0.5, 0.6) is 11.5 Å². The SMILES string of the molecule is CCOc1ccccc1OCCSc1nnc2ccc3ccccc3n12. The highest BCUT2D eigenvalue weighted by atomic mass is 32.2. The standard InChI is InChI=1S/C20H19N3O2S/c1-2-24-17-9-5-6-10-18(17)25-13-14-26-20-22-21-19-12-11-15-7-3-4-8-16(15)23(19)20/h3-12H,2,13-14H2,1H3. The molecule has 4 rings (SSSR count). The van der Waals surface area contributed by atoms with Gasteiger partial charge in [-0.15, -0.1) is 10.2 Å². The second-order valence-electron chi connectivity index (χ2n) is 5.65. The fourth-order valence-corrected chi connectivity index (χ4v) is 3.60. The third-order valence-corrected chi connectivity index (χ3v) is 4.86. The smallest absolute Gasteiger partial charge is 0.196 e. The van der Waals surface area contributed by atoms with Crippen LogP contribution in [0.15, 0.2) is 65.8 Å². The van der Waals surface area contributed by atoms with Gasteiger partial charge in [0.25, 0.3) is 0 Å². The number of thioether (sulfide) groups is 1. The van der Waals surface area contributed by atoms with Crippen LogP contribution < -0.4 is 9.47 Å². The summed E-state index contributed by atoms with van der Waals surface area (Å²) in [5.74, 6) is 2.32. The van der Waals surface area contributed by atoms with Crippen LogP contribution in [0, 0.1) is 0 Å². The maximum Gasteiger partial charge on any atom is 0.196 e. The highest BCUT2D eigenvalue weighted by Gasteiger charge is 2.10. The first-order chi connectivity index (χ1) is 12.9. The van der Waals surface area contributed by atoms with Crippen molar-refractivity contribution in [3.63, 3.8) is 0 Å². The third-order valence-electron chi connectivity index (χ3n) is 3.97. The minimum Gasteiger partial charge on any atom is -0.490 e. The number of ether oxygens (including phenoxy) is 2. The zero-order valence-electron chi connectivity index (χ0n) is 14.5. The lowest BCUT2D eigenvalue weighted by atomic mass is 10.2. The Hall–Kier alpha value is -2.73. The second kappa shape index (κ2) is 7.66. The van der Waals surface area contributed by atoms with E-state index in [9.17, 15) is 0 Å². The van der Waals surface area contributed by atoms with Crippen LogP contribution in [-0.2, 0) is 0 Å². The molecule has 0 amide bonds. The van der Waals surface area contributed by atoms with Gasteiger partial charge in [0, 0.05) is 5.75 Å². The molecule has 4 aromatic rings. The van der Waals surface area contributed by atoms with E-state index >= 15 is 0 Å². The average Bonchev–Trinajstić information content (AvgIpc) is 3.10. The molecular weight excluding hydrogens is 346 g/mol. The fraction of sp³-hybridized carbons (Fsp3) is 0.200. The molecule has 2 aromatic carbocycles. The maximum absolute atomic E-state index is 5.88. The molecule has 5 nitrogen and oxygen atoms in total. The number of aromatic nitrogens is 3. The van der Waals surface area contributed by atoms with E-state index in [1.54, 1.807) is 11.8 Å².